The Labute approximate surface area is 82.4 Å². The van der Waals surface area contributed by atoms with Crippen LogP contribution in [-0.2, 0) is 4.74 Å². The summed E-state index contributed by atoms with van der Waals surface area (Å²) in [6.07, 6.45) is 1.44. The summed E-state index contributed by atoms with van der Waals surface area (Å²) >= 11 is 0. The van der Waals surface area contributed by atoms with E-state index in [2.05, 4.69) is 5.32 Å². The summed E-state index contributed by atoms with van der Waals surface area (Å²) in [4.78, 5) is 0. The van der Waals surface area contributed by atoms with Crippen LogP contribution in [0.4, 0.5) is 8.78 Å². The molecule has 2 aliphatic heterocycles. The Balaban J connectivity index is 0.000000845. The van der Waals surface area contributed by atoms with Crippen LogP contribution in [0.2, 0.25) is 0 Å². The van der Waals surface area contributed by atoms with Gasteiger partial charge in [0.1, 0.15) is 0 Å². The Bertz CT molecular complexity index is 183. The molecule has 0 aliphatic carbocycles. The van der Waals surface area contributed by atoms with E-state index in [9.17, 15) is 8.78 Å². The highest BCUT2D eigenvalue weighted by Gasteiger charge is 2.49. The Morgan fingerprint density at radius 3 is 2.23 bits per heavy atom. The minimum absolute atomic E-state index is 0. The van der Waals surface area contributed by atoms with Crippen LogP contribution in [0.15, 0.2) is 0 Å². The topological polar surface area (TPSA) is 21.3 Å². The van der Waals surface area contributed by atoms with Gasteiger partial charge in [0.05, 0.1) is 6.54 Å². The van der Waals surface area contributed by atoms with Crippen LogP contribution >= 0.6 is 12.4 Å². The Kier molecular flexibility index (Phi) is 3.15. The zero-order chi connectivity index (χ0) is 8.66. The Morgan fingerprint density at radius 2 is 1.77 bits per heavy atom. The number of hydrogen-bond donors (Lipinski definition) is 1. The Hall–Kier alpha value is 0.0700. The molecule has 0 unspecified atom stereocenters. The fourth-order valence-corrected chi connectivity index (χ4v) is 2.05. The van der Waals surface area contributed by atoms with Crippen molar-refractivity contribution in [3.8, 4) is 0 Å². The number of halogens is 3. The number of alkyl halides is 2. The third-order valence-corrected chi connectivity index (χ3v) is 2.77. The number of hydrogen-bond acceptors (Lipinski definition) is 2. The standard InChI is InChI=1S/C8H13F2NO.ClH/c9-8(10)5-7(11-6-8)1-3-12-4-2-7;/h11H,1-6H2;1H. The average molecular weight is 214 g/mol. The molecule has 0 aromatic heterocycles. The number of nitrogens with one attached hydrogen (secondary N) is 1. The molecule has 1 spiro atoms. The minimum Gasteiger partial charge on any atom is -0.381 e. The second kappa shape index (κ2) is 3.67. The quantitative estimate of drug-likeness (QED) is 0.660. The van der Waals surface area contributed by atoms with Crippen molar-refractivity contribution in [3.63, 3.8) is 0 Å². The van der Waals surface area contributed by atoms with Crippen LogP contribution in [0, 0.1) is 0 Å². The van der Waals surface area contributed by atoms with Crippen molar-refractivity contribution in [1.29, 1.82) is 0 Å². The first kappa shape index (κ1) is 11.1. The SMILES string of the molecule is Cl.FC1(F)CNC2(CCOCC2)C1. The van der Waals surface area contributed by atoms with E-state index in [4.69, 9.17) is 4.74 Å². The molecule has 0 bridgehead atoms. The molecule has 0 aromatic rings. The molecule has 2 aliphatic rings. The van der Waals surface area contributed by atoms with Crippen LogP contribution in [0.1, 0.15) is 19.3 Å². The van der Waals surface area contributed by atoms with Gasteiger partial charge in [-0.1, -0.05) is 0 Å². The molecule has 5 heteroatoms. The van der Waals surface area contributed by atoms with E-state index in [1.54, 1.807) is 0 Å². The highest BCUT2D eigenvalue weighted by molar-refractivity contribution is 5.85. The van der Waals surface area contributed by atoms with Gasteiger partial charge in [0.15, 0.2) is 0 Å². The zero-order valence-corrected chi connectivity index (χ0v) is 8.13. The first-order valence-corrected chi connectivity index (χ1v) is 4.33. The first-order chi connectivity index (χ1) is 5.62. The van der Waals surface area contributed by atoms with Gasteiger partial charge in [-0.05, 0) is 12.8 Å². The minimum atomic E-state index is -2.50. The van der Waals surface area contributed by atoms with Crippen LogP contribution < -0.4 is 5.32 Å². The molecule has 2 heterocycles. The van der Waals surface area contributed by atoms with E-state index >= 15 is 0 Å². The van der Waals surface area contributed by atoms with Crippen LogP contribution in [0.5, 0.6) is 0 Å². The maximum absolute atomic E-state index is 12.9. The van der Waals surface area contributed by atoms with Crippen molar-refractivity contribution in [2.75, 3.05) is 19.8 Å². The fraction of sp³-hybridized carbons (Fsp3) is 1.00. The third kappa shape index (κ3) is 2.30. The molecule has 0 radical (unpaired) electrons. The van der Waals surface area contributed by atoms with Gasteiger partial charge in [-0.3, -0.25) is 0 Å². The van der Waals surface area contributed by atoms with Crippen LogP contribution in [-0.4, -0.2) is 31.2 Å². The molecule has 2 saturated heterocycles. The first-order valence-electron chi connectivity index (χ1n) is 4.33. The van der Waals surface area contributed by atoms with E-state index in [0.29, 0.717) is 13.2 Å². The summed E-state index contributed by atoms with van der Waals surface area (Å²) in [5.41, 5.74) is -0.318. The highest BCUT2D eigenvalue weighted by atomic mass is 35.5. The molecular weight excluding hydrogens is 200 g/mol. The van der Waals surface area contributed by atoms with Gasteiger partial charge in [-0.15, -0.1) is 12.4 Å². The van der Waals surface area contributed by atoms with Crippen molar-refractivity contribution in [3.05, 3.63) is 0 Å². The van der Waals surface area contributed by atoms with Gasteiger partial charge in [0.25, 0.3) is 5.92 Å². The van der Waals surface area contributed by atoms with Crippen molar-refractivity contribution in [2.24, 2.45) is 0 Å². The summed E-state index contributed by atoms with van der Waals surface area (Å²) in [5.74, 6) is -2.50. The predicted molar refractivity (Wildman–Crippen MR) is 47.6 cm³/mol. The largest absolute Gasteiger partial charge is 0.381 e. The fourth-order valence-electron chi connectivity index (χ4n) is 2.05. The zero-order valence-electron chi connectivity index (χ0n) is 7.32. The van der Waals surface area contributed by atoms with Crippen LogP contribution in [0.3, 0.4) is 0 Å². The summed E-state index contributed by atoms with van der Waals surface area (Å²) in [7, 11) is 0. The van der Waals surface area contributed by atoms with Crippen molar-refractivity contribution in [1.82, 2.24) is 5.32 Å². The normalized spacial score (nSPS) is 30.0. The van der Waals surface area contributed by atoms with Crippen LogP contribution in [0.25, 0.3) is 0 Å². The maximum Gasteiger partial charge on any atom is 0.262 e. The molecule has 2 nitrogen and oxygen atoms in total. The van der Waals surface area contributed by atoms with E-state index in [1.165, 1.54) is 0 Å². The highest BCUT2D eigenvalue weighted by Crippen LogP contribution is 2.38. The predicted octanol–water partition coefficient (Wildman–Crippen LogP) is 1.59. The molecule has 0 amide bonds. The molecular formula is C8H14ClF2NO. The lowest BCUT2D eigenvalue weighted by Crippen LogP contribution is -2.44. The second-order valence-corrected chi connectivity index (χ2v) is 3.78. The van der Waals surface area contributed by atoms with Gasteiger partial charge in [-0.25, -0.2) is 8.78 Å². The molecule has 0 atom stereocenters. The summed E-state index contributed by atoms with van der Waals surface area (Å²) in [6.45, 7) is 1.07. The lowest BCUT2D eigenvalue weighted by atomic mass is 9.88. The van der Waals surface area contributed by atoms with Gasteiger partial charge in [-0.2, -0.15) is 0 Å². The molecule has 2 fully saturated rings. The molecule has 2 rings (SSSR count). The summed E-state index contributed by atoms with van der Waals surface area (Å²) in [5, 5.41) is 2.93. The van der Waals surface area contributed by atoms with E-state index in [0.717, 1.165) is 12.8 Å². The second-order valence-electron chi connectivity index (χ2n) is 3.78. The van der Waals surface area contributed by atoms with Gasteiger partial charge < -0.3 is 10.1 Å². The number of rotatable bonds is 0. The molecule has 0 aromatic carbocycles. The van der Waals surface area contributed by atoms with Gasteiger partial charge in [0.2, 0.25) is 0 Å². The van der Waals surface area contributed by atoms with E-state index in [-0.39, 0.29) is 30.9 Å². The van der Waals surface area contributed by atoms with Gasteiger partial charge in [0, 0.05) is 25.2 Å². The van der Waals surface area contributed by atoms with Gasteiger partial charge >= 0.3 is 0 Å². The average Bonchev–Trinajstić information content (AvgIpc) is 2.29. The Morgan fingerprint density at radius 1 is 1.15 bits per heavy atom. The summed E-state index contributed by atoms with van der Waals surface area (Å²) < 4.78 is 30.9. The smallest absolute Gasteiger partial charge is 0.262 e. The molecule has 0 saturated carbocycles. The third-order valence-electron chi connectivity index (χ3n) is 2.77. The number of ether oxygens (including phenoxy) is 1. The van der Waals surface area contributed by atoms with E-state index in [1.807, 2.05) is 0 Å². The van der Waals surface area contributed by atoms with E-state index < -0.39 is 5.92 Å². The summed E-state index contributed by atoms with van der Waals surface area (Å²) in [6, 6.07) is 0. The maximum atomic E-state index is 12.9. The lowest BCUT2D eigenvalue weighted by molar-refractivity contribution is -0.00280. The molecule has 13 heavy (non-hydrogen) atoms. The lowest BCUT2D eigenvalue weighted by Gasteiger charge is -2.33. The molecule has 1 N–H and O–H groups in total. The van der Waals surface area contributed by atoms with Crippen molar-refractivity contribution in [2.45, 2.75) is 30.7 Å². The molecule has 78 valence electrons. The van der Waals surface area contributed by atoms with Crippen molar-refractivity contribution < 1.29 is 13.5 Å². The monoisotopic (exact) mass is 213 g/mol. The van der Waals surface area contributed by atoms with Crippen molar-refractivity contribution >= 4 is 12.4 Å².